The minimum absolute atomic E-state index is 0.267. The smallest absolute Gasteiger partial charge is 0.136 e. The van der Waals surface area contributed by atoms with Crippen LogP contribution in [0.5, 0.6) is 0 Å². The number of hydrogen-bond acceptors (Lipinski definition) is 5. The van der Waals surface area contributed by atoms with E-state index in [2.05, 4.69) is 42.5 Å². The maximum atomic E-state index is 10.1. The normalized spacial score (nSPS) is 11.1. The van der Waals surface area contributed by atoms with Crippen molar-refractivity contribution in [3.8, 4) is 51.6 Å². The molecule has 0 saturated carbocycles. The lowest BCUT2D eigenvalue weighted by Crippen LogP contribution is -1.94. The Morgan fingerprint density at radius 1 is 0.432 bits per heavy atom. The first-order chi connectivity index (χ1) is 21.6. The van der Waals surface area contributed by atoms with E-state index in [1.807, 2.05) is 78.9 Å². The molecule has 8 aromatic rings. The molecule has 0 amide bonds. The summed E-state index contributed by atoms with van der Waals surface area (Å²) in [5.41, 5.74) is 8.83. The number of rotatable bonds is 3. The van der Waals surface area contributed by atoms with E-state index in [1.54, 1.807) is 0 Å². The molecule has 0 radical (unpaired) electrons. The van der Waals surface area contributed by atoms with E-state index in [1.165, 1.54) is 12.1 Å². The first kappa shape index (κ1) is 25.1. The summed E-state index contributed by atoms with van der Waals surface area (Å²) >= 11 is 0. The number of para-hydroxylation sites is 2. The van der Waals surface area contributed by atoms with Crippen LogP contribution >= 0.6 is 0 Å². The summed E-state index contributed by atoms with van der Waals surface area (Å²) in [5.74, 6) is 0. The molecule has 6 aromatic carbocycles. The van der Waals surface area contributed by atoms with Gasteiger partial charge in [-0.2, -0.15) is 15.8 Å². The second-order valence-corrected chi connectivity index (χ2v) is 10.7. The van der Waals surface area contributed by atoms with Crippen molar-refractivity contribution in [1.29, 1.82) is 15.8 Å². The molecule has 2 aromatic heterocycles. The number of hydrogen-bond donors (Lipinski definition) is 0. The van der Waals surface area contributed by atoms with Gasteiger partial charge in [0.2, 0.25) is 0 Å². The highest BCUT2D eigenvalue weighted by Crippen LogP contribution is 2.42. The van der Waals surface area contributed by atoms with Gasteiger partial charge in [-0.3, -0.25) is 0 Å². The Morgan fingerprint density at radius 3 is 1.80 bits per heavy atom. The minimum Gasteiger partial charge on any atom is -0.456 e. The van der Waals surface area contributed by atoms with Crippen LogP contribution in [-0.4, -0.2) is 0 Å². The van der Waals surface area contributed by atoms with Gasteiger partial charge in [-0.05, 0) is 88.5 Å². The Labute approximate surface area is 251 Å². The van der Waals surface area contributed by atoms with Gasteiger partial charge in [0.15, 0.2) is 0 Å². The second-order valence-electron chi connectivity index (χ2n) is 10.7. The van der Waals surface area contributed by atoms with Gasteiger partial charge >= 0.3 is 0 Å². The fourth-order valence-corrected chi connectivity index (χ4v) is 6.21. The number of furan rings is 2. The summed E-state index contributed by atoms with van der Waals surface area (Å²) in [7, 11) is 0. The first-order valence-corrected chi connectivity index (χ1v) is 14.0. The fourth-order valence-electron chi connectivity index (χ4n) is 6.21. The molecule has 0 fully saturated rings. The Kier molecular flexibility index (Phi) is 5.56. The van der Waals surface area contributed by atoms with Crippen LogP contribution in [0, 0.1) is 34.0 Å². The molecule has 0 saturated heterocycles. The molecular formula is C39H19N3O2. The lowest BCUT2D eigenvalue weighted by Gasteiger charge is -2.14. The Bertz CT molecular complexity index is 2570. The zero-order valence-corrected chi connectivity index (χ0v) is 23.1. The molecule has 2 heterocycles. The second kappa shape index (κ2) is 9.74. The van der Waals surface area contributed by atoms with Gasteiger partial charge in [0.05, 0.1) is 34.9 Å². The van der Waals surface area contributed by atoms with Gasteiger partial charge in [0.1, 0.15) is 22.3 Å². The van der Waals surface area contributed by atoms with Crippen molar-refractivity contribution in [2.24, 2.45) is 0 Å². The van der Waals surface area contributed by atoms with E-state index >= 15 is 0 Å². The maximum absolute atomic E-state index is 10.1. The zero-order chi connectivity index (χ0) is 29.8. The first-order valence-electron chi connectivity index (χ1n) is 14.0. The summed E-state index contributed by atoms with van der Waals surface area (Å²) in [5, 5.41) is 33.8. The predicted molar refractivity (Wildman–Crippen MR) is 171 cm³/mol. The topological polar surface area (TPSA) is 97.7 Å². The van der Waals surface area contributed by atoms with Crippen LogP contribution in [0.25, 0.3) is 77.3 Å². The van der Waals surface area contributed by atoms with E-state index in [0.717, 1.165) is 66.1 Å². The van der Waals surface area contributed by atoms with E-state index in [9.17, 15) is 15.8 Å². The lowest BCUT2D eigenvalue weighted by molar-refractivity contribution is 0.668. The molecule has 0 unspecified atom stereocenters. The van der Waals surface area contributed by atoms with Gasteiger partial charge in [-0.1, -0.05) is 54.6 Å². The molecule has 0 aliphatic carbocycles. The highest BCUT2D eigenvalue weighted by Gasteiger charge is 2.19. The molecule has 0 bridgehead atoms. The monoisotopic (exact) mass is 561 g/mol. The van der Waals surface area contributed by atoms with Crippen molar-refractivity contribution < 1.29 is 8.83 Å². The molecule has 0 spiro atoms. The van der Waals surface area contributed by atoms with Crippen molar-refractivity contribution in [3.63, 3.8) is 0 Å². The Hall–Kier alpha value is -6.61. The van der Waals surface area contributed by atoms with Crippen LogP contribution in [0.3, 0.4) is 0 Å². The maximum Gasteiger partial charge on any atom is 0.136 e. The molecule has 0 atom stereocenters. The highest BCUT2D eigenvalue weighted by molar-refractivity contribution is 6.13. The standard InChI is InChI=1S/C39H19N3O2/c40-20-23-14-28(21-41)38(29(15-23)22-42)27-17-25(24-12-13-32-31-6-1-3-9-34(31)44-37(32)19-24)16-26(18-27)30-8-5-11-36-39(30)33-7-2-4-10-35(33)43-36/h1-19H. The Morgan fingerprint density at radius 2 is 1.05 bits per heavy atom. The molecular weight excluding hydrogens is 542 g/mol. The van der Waals surface area contributed by atoms with Crippen LogP contribution in [0.1, 0.15) is 16.7 Å². The predicted octanol–water partition coefficient (Wildman–Crippen LogP) is 10.1. The van der Waals surface area contributed by atoms with E-state index in [-0.39, 0.29) is 16.7 Å². The van der Waals surface area contributed by atoms with Crippen LogP contribution < -0.4 is 0 Å². The molecule has 44 heavy (non-hydrogen) atoms. The molecule has 8 rings (SSSR count). The fraction of sp³-hybridized carbons (Fsp3) is 0. The molecule has 202 valence electrons. The summed E-state index contributed by atoms with van der Waals surface area (Å²) in [4.78, 5) is 0. The SMILES string of the molecule is N#Cc1cc(C#N)c(-c2cc(-c3ccc4c(c3)oc3ccccc34)cc(-c3cccc4oc5ccccc5c34)c2)c(C#N)c1. The average molecular weight is 562 g/mol. The largest absolute Gasteiger partial charge is 0.456 e. The van der Waals surface area contributed by atoms with Gasteiger partial charge in [0, 0.05) is 27.1 Å². The van der Waals surface area contributed by atoms with Gasteiger partial charge in [-0.25, -0.2) is 0 Å². The summed E-state index contributed by atoms with van der Waals surface area (Å²) in [6, 6.07) is 43.8. The third-order valence-electron chi connectivity index (χ3n) is 8.16. The number of fused-ring (bicyclic) bond motifs is 6. The Balaban J connectivity index is 1.44. The number of benzene rings is 6. The van der Waals surface area contributed by atoms with Crippen molar-refractivity contribution in [2.75, 3.05) is 0 Å². The van der Waals surface area contributed by atoms with Crippen LogP contribution in [0.4, 0.5) is 0 Å². The molecule has 5 nitrogen and oxygen atoms in total. The molecule has 0 aliphatic rings. The van der Waals surface area contributed by atoms with Gasteiger partial charge in [0.25, 0.3) is 0 Å². The quantitative estimate of drug-likeness (QED) is 0.214. The summed E-state index contributed by atoms with van der Waals surface area (Å²) in [6.07, 6.45) is 0. The van der Waals surface area contributed by atoms with Crippen molar-refractivity contribution in [1.82, 2.24) is 0 Å². The van der Waals surface area contributed by atoms with E-state index in [0.29, 0.717) is 11.1 Å². The minimum atomic E-state index is 0.267. The van der Waals surface area contributed by atoms with Crippen molar-refractivity contribution in [3.05, 3.63) is 132 Å². The number of nitrogens with zero attached hydrogens (tertiary/aromatic N) is 3. The molecule has 5 heteroatoms. The molecule has 0 N–H and O–H groups in total. The van der Waals surface area contributed by atoms with E-state index in [4.69, 9.17) is 8.83 Å². The van der Waals surface area contributed by atoms with Crippen LogP contribution in [0.2, 0.25) is 0 Å². The van der Waals surface area contributed by atoms with E-state index < -0.39 is 0 Å². The van der Waals surface area contributed by atoms with Crippen molar-refractivity contribution >= 4 is 43.9 Å². The van der Waals surface area contributed by atoms with Crippen LogP contribution in [0.15, 0.2) is 124 Å². The third-order valence-corrected chi connectivity index (χ3v) is 8.16. The zero-order valence-electron chi connectivity index (χ0n) is 23.1. The highest BCUT2D eigenvalue weighted by atomic mass is 16.3. The lowest BCUT2D eigenvalue weighted by atomic mass is 9.88. The molecule has 0 aliphatic heterocycles. The van der Waals surface area contributed by atoms with Gasteiger partial charge in [-0.15, -0.1) is 0 Å². The summed E-state index contributed by atoms with van der Waals surface area (Å²) in [6.45, 7) is 0. The van der Waals surface area contributed by atoms with Gasteiger partial charge < -0.3 is 8.83 Å². The third kappa shape index (κ3) is 3.84. The summed E-state index contributed by atoms with van der Waals surface area (Å²) < 4.78 is 12.4. The number of nitriles is 3. The van der Waals surface area contributed by atoms with Crippen molar-refractivity contribution in [2.45, 2.75) is 0 Å². The average Bonchev–Trinajstić information content (AvgIpc) is 3.65. The van der Waals surface area contributed by atoms with Crippen LogP contribution in [-0.2, 0) is 0 Å².